The summed E-state index contributed by atoms with van der Waals surface area (Å²) < 4.78 is 3.11. The molecule has 0 unspecified atom stereocenters. The van der Waals surface area contributed by atoms with E-state index < -0.39 is 5.97 Å². The number of aryl methyl sites for hydroxylation is 2. The van der Waals surface area contributed by atoms with E-state index in [1.165, 1.54) is 22.7 Å². The number of hydrogen-bond donors (Lipinski definition) is 2. The number of fused-ring (bicyclic) bond motifs is 3. The molecule has 0 aliphatic carbocycles. The number of nitrogens with one attached hydrogen (secondary N) is 1. The second kappa shape index (κ2) is 11.0. The fourth-order valence-electron chi connectivity index (χ4n) is 5.46. The summed E-state index contributed by atoms with van der Waals surface area (Å²) in [5.74, 6) is -1.22. The highest BCUT2D eigenvalue weighted by molar-refractivity contribution is 7.22. The molecule has 2 N–H and O–H groups in total. The summed E-state index contributed by atoms with van der Waals surface area (Å²) in [6, 6.07) is 21.6. The number of aromatic carboxylic acids is 1. The first kappa shape index (κ1) is 26.3. The first-order chi connectivity index (χ1) is 20.5. The lowest BCUT2D eigenvalue weighted by atomic mass is 9.94. The van der Waals surface area contributed by atoms with Gasteiger partial charge in [0.1, 0.15) is 0 Å². The Kier molecular flexibility index (Phi) is 6.88. The van der Waals surface area contributed by atoms with Crippen LogP contribution in [0.5, 0.6) is 0 Å². The number of anilines is 2. The van der Waals surface area contributed by atoms with Crippen molar-refractivity contribution >= 4 is 66.1 Å². The number of hydrogen-bond acceptors (Lipinski definition) is 8. The van der Waals surface area contributed by atoms with E-state index in [0.717, 1.165) is 56.6 Å². The molecule has 0 saturated carbocycles. The van der Waals surface area contributed by atoms with Crippen molar-refractivity contribution in [2.45, 2.75) is 32.4 Å². The number of thiazole rings is 2. The molecule has 4 heterocycles. The number of rotatable bonds is 8. The number of carboxylic acid groups (broad SMARTS) is 1. The Morgan fingerprint density at radius 3 is 2.64 bits per heavy atom. The van der Waals surface area contributed by atoms with E-state index in [9.17, 15) is 14.7 Å². The number of carbonyl (C=O) groups is 2. The fourth-order valence-corrected chi connectivity index (χ4v) is 7.44. The lowest BCUT2D eigenvalue weighted by molar-refractivity contribution is 0.0690. The molecule has 0 saturated heterocycles. The lowest BCUT2D eigenvalue weighted by Crippen LogP contribution is -2.32. The Bertz CT molecular complexity index is 1930. The number of benzene rings is 3. The van der Waals surface area contributed by atoms with Crippen LogP contribution in [0.2, 0.25) is 0 Å². The van der Waals surface area contributed by atoms with E-state index in [4.69, 9.17) is 0 Å². The Labute approximate surface area is 249 Å². The second-order valence-corrected chi connectivity index (χ2v) is 12.3. The number of para-hydroxylation sites is 3. The van der Waals surface area contributed by atoms with Crippen LogP contribution in [0, 0.1) is 0 Å². The molecule has 9 nitrogen and oxygen atoms in total. The van der Waals surface area contributed by atoms with Crippen LogP contribution in [0.1, 0.15) is 43.3 Å². The van der Waals surface area contributed by atoms with Gasteiger partial charge in [0.15, 0.2) is 16.0 Å². The SMILES string of the molecule is O=C(Nc1nc2ccccc2s1)c1cccc2c1CN(c1nc(C(=O)O)c(CCCn3cnc4ccccc43)s1)CC2. The molecule has 210 valence electrons. The van der Waals surface area contributed by atoms with Crippen LogP contribution in [0.25, 0.3) is 21.3 Å². The average molecular weight is 595 g/mol. The van der Waals surface area contributed by atoms with Gasteiger partial charge in [-0.05, 0) is 60.7 Å². The molecule has 1 aliphatic heterocycles. The standard InChI is InChI=1S/C31H26N6O3S2/c38-28(35-30-33-23-10-2-4-12-25(23)41-30)20-8-5-7-19-14-16-36(17-21(19)20)31-34-27(29(39)40)26(42-31)13-6-15-37-18-32-22-9-1-3-11-24(22)37/h1-5,7-12,18H,6,13-17H2,(H,39,40)(H,33,35,38). The van der Waals surface area contributed by atoms with Gasteiger partial charge >= 0.3 is 5.97 Å². The predicted octanol–water partition coefficient (Wildman–Crippen LogP) is 6.25. The Balaban J connectivity index is 1.09. The predicted molar refractivity (Wildman–Crippen MR) is 166 cm³/mol. The van der Waals surface area contributed by atoms with Crippen molar-refractivity contribution in [3.05, 3.63) is 100 Å². The molecule has 0 bridgehead atoms. The second-order valence-electron chi connectivity index (χ2n) is 10.2. The van der Waals surface area contributed by atoms with E-state index in [1.54, 1.807) is 0 Å². The summed E-state index contributed by atoms with van der Waals surface area (Å²) in [6.07, 6.45) is 3.94. The van der Waals surface area contributed by atoms with Crippen LogP contribution < -0.4 is 10.2 Å². The minimum Gasteiger partial charge on any atom is -0.476 e. The van der Waals surface area contributed by atoms with Crippen molar-refractivity contribution < 1.29 is 14.7 Å². The van der Waals surface area contributed by atoms with E-state index in [0.29, 0.717) is 35.3 Å². The first-order valence-corrected chi connectivity index (χ1v) is 15.3. The van der Waals surface area contributed by atoms with Gasteiger partial charge in [-0.1, -0.05) is 47.7 Å². The van der Waals surface area contributed by atoms with Crippen LogP contribution in [-0.2, 0) is 25.9 Å². The Hall–Kier alpha value is -4.61. The van der Waals surface area contributed by atoms with Crippen molar-refractivity contribution in [2.75, 3.05) is 16.8 Å². The van der Waals surface area contributed by atoms with Crippen LogP contribution in [0.15, 0.2) is 73.1 Å². The molecule has 7 rings (SSSR count). The maximum absolute atomic E-state index is 13.4. The van der Waals surface area contributed by atoms with Crippen molar-refractivity contribution in [1.29, 1.82) is 0 Å². The molecule has 1 aliphatic rings. The van der Waals surface area contributed by atoms with Gasteiger partial charge in [-0.3, -0.25) is 10.1 Å². The highest BCUT2D eigenvalue weighted by atomic mass is 32.1. The molecule has 3 aromatic heterocycles. The molecule has 0 atom stereocenters. The van der Waals surface area contributed by atoms with Gasteiger partial charge in [-0.25, -0.2) is 19.7 Å². The van der Waals surface area contributed by atoms with Crippen molar-refractivity contribution in [2.24, 2.45) is 0 Å². The smallest absolute Gasteiger partial charge is 0.355 e. The van der Waals surface area contributed by atoms with Crippen LogP contribution in [-0.4, -0.2) is 43.0 Å². The van der Waals surface area contributed by atoms with E-state index in [-0.39, 0.29) is 11.6 Å². The van der Waals surface area contributed by atoms with Gasteiger partial charge in [0, 0.05) is 30.1 Å². The number of nitrogens with zero attached hydrogens (tertiary/aromatic N) is 5. The zero-order valence-corrected chi connectivity index (χ0v) is 24.1. The molecule has 1 amide bonds. The van der Waals surface area contributed by atoms with Crippen LogP contribution in [0.3, 0.4) is 0 Å². The monoisotopic (exact) mass is 594 g/mol. The van der Waals surface area contributed by atoms with Crippen LogP contribution >= 0.6 is 22.7 Å². The normalized spacial score (nSPS) is 13.0. The molecular weight excluding hydrogens is 569 g/mol. The van der Waals surface area contributed by atoms with Crippen molar-refractivity contribution in [1.82, 2.24) is 19.5 Å². The highest BCUT2D eigenvalue weighted by Gasteiger charge is 2.26. The molecule has 3 aromatic carbocycles. The van der Waals surface area contributed by atoms with Gasteiger partial charge in [0.05, 0.1) is 27.6 Å². The summed E-state index contributed by atoms with van der Waals surface area (Å²) in [7, 11) is 0. The summed E-state index contributed by atoms with van der Waals surface area (Å²) in [4.78, 5) is 41.9. The molecule has 0 radical (unpaired) electrons. The summed E-state index contributed by atoms with van der Waals surface area (Å²) in [5.41, 5.74) is 5.62. The fraction of sp³-hybridized carbons (Fsp3) is 0.194. The van der Waals surface area contributed by atoms with E-state index >= 15 is 0 Å². The van der Waals surface area contributed by atoms with Crippen molar-refractivity contribution in [3.63, 3.8) is 0 Å². The molecule has 0 spiro atoms. The summed E-state index contributed by atoms with van der Waals surface area (Å²) in [5, 5.41) is 14.1. The average Bonchev–Trinajstić information content (AvgIpc) is 3.73. The quantitative estimate of drug-likeness (QED) is 0.214. The minimum atomic E-state index is -1.02. The maximum Gasteiger partial charge on any atom is 0.355 e. The third-order valence-electron chi connectivity index (χ3n) is 7.52. The molecular formula is C31H26N6O3S2. The number of carbonyl (C=O) groups excluding carboxylic acids is 1. The number of imidazole rings is 1. The minimum absolute atomic E-state index is 0.109. The topological polar surface area (TPSA) is 113 Å². The first-order valence-electron chi connectivity index (χ1n) is 13.7. The largest absolute Gasteiger partial charge is 0.476 e. The van der Waals surface area contributed by atoms with E-state index in [2.05, 4.69) is 35.8 Å². The van der Waals surface area contributed by atoms with Gasteiger partial charge < -0.3 is 14.6 Å². The molecule has 0 fully saturated rings. The zero-order chi connectivity index (χ0) is 28.6. The maximum atomic E-state index is 13.4. The number of amides is 1. The molecule has 6 aromatic rings. The van der Waals surface area contributed by atoms with Gasteiger partial charge in [0.25, 0.3) is 5.91 Å². The highest BCUT2D eigenvalue weighted by Crippen LogP contribution is 2.33. The van der Waals surface area contributed by atoms with Crippen LogP contribution in [0.4, 0.5) is 10.3 Å². The van der Waals surface area contributed by atoms with Gasteiger partial charge in [0.2, 0.25) is 0 Å². The number of aromatic nitrogens is 4. The summed E-state index contributed by atoms with van der Waals surface area (Å²) >= 11 is 2.87. The Morgan fingerprint density at radius 1 is 0.952 bits per heavy atom. The zero-order valence-electron chi connectivity index (χ0n) is 22.5. The third-order valence-corrected chi connectivity index (χ3v) is 9.65. The Morgan fingerprint density at radius 2 is 1.79 bits per heavy atom. The van der Waals surface area contributed by atoms with Gasteiger partial charge in [-0.2, -0.15) is 0 Å². The summed E-state index contributed by atoms with van der Waals surface area (Å²) in [6.45, 7) is 1.91. The number of carboxylic acids is 1. The lowest BCUT2D eigenvalue weighted by Gasteiger charge is -2.29. The third kappa shape index (κ3) is 5.01. The van der Waals surface area contributed by atoms with Gasteiger partial charge in [-0.15, -0.1) is 11.3 Å². The molecule has 11 heteroatoms. The molecule has 42 heavy (non-hydrogen) atoms. The van der Waals surface area contributed by atoms with Crippen molar-refractivity contribution in [3.8, 4) is 0 Å². The van der Waals surface area contributed by atoms with E-state index in [1.807, 2.05) is 67.0 Å².